The van der Waals surface area contributed by atoms with Crippen LogP contribution >= 0.6 is 0 Å². The Kier molecular flexibility index (Phi) is 6.69. The molecular weight excluding hydrogens is 324 g/mol. The van der Waals surface area contributed by atoms with Crippen LogP contribution in [0.5, 0.6) is 0 Å². The third-order valence-electron chi connectivity index (χ3n) is 5.03. The van der Waals surface area contributed by atoms with Crippen molar-refractivity contribution >= 4 is 5.69 Å². The van der Waals surface area contributed by atoms with Gasteiger partial charge in [-0.1, -0.05) is 31.1 Å². The number of benzene rings is 1. The SMILES string of the molecule is Cc1cccc(N2CCN(CCCNCc3cc(C(C)C)no3)CC2)c1. The van der Waals surface area contributed by atoms with Gasteiger partial charge < -0.3 is 14.7 Å². The van der Waals surface area contributed by atoms with Crippen LogP contribution in [-0.2, 0) is 6.54 Å². The standard InChI is InChI=1S/C21H32N4O/c1-17(2)21-15-20(26-23-21)16-22-8-5-9-24-10-12-25(13-11-24)19-7-4-6-18(3)14-19/h4,6-7,14-15,17,22H,5,8-13,16H2,1-3H3. The fourth-order valence-corrected chi connectivity index (χ4v) is 3.38. The van der Waals surface area contributed by atoms with Crippen molar-refractivity contribution < 1.29 is 4.52 Å². The van der Waals surface area contributed by atoms with Crippen molar-refractivity contribution in [3.05, 3.63) is 47.3 Å². The van der Waals surface area contributed by atoms with Crippen LogP contribution in [0.1, 0.15) is 43.2 Å². The largest absolute Gasteiger partial charge is 0.369 e. The Labute approximate surface area is 157 Å². The maximum Gasteiger partial charge on any atom is 0.150 e. The Bertz CT molecular complexity index is 674. The van der Waals surface area contributed by atoms with Gasteiger partial charge in [0.2, 0.25) is 0 Å². The van der Waals surface area contributed by atoms with E-state index in [-0.39, 0.29) is 0 Å². The van der Waals surface area contributed by atoms with E-state index in [1.54, 1.807) is 0 Å². The average Bonchev–Trinajstić information content (AvgIpc) is 3.11. The van der Waals surface area contributed by atoms with E-state index < -0.39 is 0 Å². The minimum Gasteiger partial charge on any atom is -0.369 e. The lowest BCUT2D eigenvalue weighted by molar-refractivity contribution is 0.253. The molecule has 1 aromatic carbocycles. The van der Waals surface area contributed by atoms with E-state index in [1.165, 1.54) is 11.3 Å². The number of rotatable bonds is 8. The van der Waals surface area contributed by atoms with Crippen LogP contribution in [0.2, 0.25) is 0 Å². The van der Waals surface area contributed by atoms with Crippen LogP contribution in [0, 0.1) is 6.92 Å². The first-order valence-electron chi connectivity index (χ1n) is 9.82. The normalized spacial score (nSPS) is 15.8. The van der Waals surface area contributed by atoms with E-state index in [0.717, 1.165) is 63.7 Å². The first kappa shape index (κ1) is 18.9. The Morgan fingerprint density at radius 1 is 1.15 bits per heavy atom. The highest BCUT2D eigenvalue weighted by molar-refractivity contribution is 5.48. The zero-order valence-corrected chi connectivity index (χ0v) is 16.4. The minimum atomic E-state index is 0.422. The summed E-state index contributed by atoms with van der Waals surface area (Å²) < 4.78 is 5.36. The van der Waals surface area contributed by atoms with E-state index in [1.807, 2.05) is 0 Å². The molecule has 3 rings (SSSR count). The Hall–Kier alpha value is -1.85. The lowest BCUT2D eigenvalue weighted by Gasteiger charge is -2.36. The van der Waals surface area contributed by atoms with Crippen LogP contribution in [0.4, 0.5) is 5.69 Å². The van der Waals surface area contributed by atoms with Gasteiger partial charge in [-0.05, 0) is 50.0 Å². The number of aromatic nitrogens is 1. The lowest BCUT2D eigenvalue weighted by atomic mass is 10.1. The summed E-state index contributed by atoms with van der Waals surface area (Å²) in [5.74, 6) is 1.35. The van der Waals surface area contributed by atoms with Gasteiger partial charge >= 0.3 is 0 Å². The van der Waals surface area contributed by atoms with Crippen molar-refractivity contribution in [2.24, 2.45) is 0 Å². The number of aryl methyl sites for hydroxylation is 1. The molecule has 0 amide bonds. The van der Waals surface area contributed by atoms with Gasteiger partial charge in [-0.15, -0.1) is 0 Å². The summed E-state index contributed by atoms with van der Waals surface area (Å²) in [7, 11) is 0. The Balaban J connectivity index is 1.30. The number of hydrogen-bond acceptors (Lipinski definition) is 5. The molecule has 0 spiro atoms. The second kappa shape index (κ2) is 9.19. The second-order valence-corrected chi connectivity index (χ2v) is 7.57. The first-order valence-corrected chi connectivity index (χ1v) is 9.82. The molecule has 0 saturated carbocycles. The molecule has 1 fully saturated rings. The molecular formula is C21H32N4O. The number of hydrogen-bond donors (Lipinski definition) is 1. The molecule has 0 atom stereocenters. The average molecular weight is 357 g/mol. The Morgan fingerprint density at radius 2 is 1.96 bits per heavy atom. The quantitative estimate of drug-likeness (QED) is 0.735. The lowest BCUT2D eigenvalue weighted by Crippen LogP contribution is -2.47. The molecule has 5 nitrogen and oxygen atoms in total. The van der Waals surface area contributed by atoms with Gasteiger partial charge in [0.25, 0.3) is 0 Å². The number of piperazine rings is 1. The van der Waals surface area contributed by atoms with E-state index >= 15 is 0 Å². The van der Waals surface area contributed by atoms with Gasteiger partial charge in [-0.25, -0.2) is 0 Å². The number of nitrogens with zero attached hydrogens (tertiary/aromatic N) is 3. The number of nitrogens with one attached hydrogen (secondary N) is 1. The molecule has 0 unspecified atom stereocenters. The van der Waals surface area contributed by atoms with E-state index in [4.69, 9.17) is 4.52 Å². The van der Waals surface area contributed by atoms with Crippen molar-refractivity contribution in [1.82, 2.24) is 15.4 Å². The number of anilines is 1. The predicted molar refractivity (Wildman–Crippen MR) is 107 cm³/mol. The fourth-order valence-electron chi connectivity index (χ4n) is 3.38. The summed E-state index contributed by atoms with van der Waals surface area (Å²) in [5, 5.41) is 7.56. The molecule has 5 heteroatoms. The summed E-state index contributed by atoms with van der Waals surface area (Å²) in [6.07, 6.45) is 1.16. The van der Waals surface area contributed by atoms with Crippen molar-refractivity contribution in [3.63, 3.8) is 0 Å². The van der Waals surface area contributed by atoms with Gasteiger partial charge in [0.1, 0.15) is 0 Å². The highest BCUT2D eigenvalue weighted by Crippen LogP contribution is 2.18. The summed E-state index contributed by atoms with van der Waals surface area (Å²) in [4.78, 5) is 5.07. The predicted octanol–water partition coefficient (Wildman–Crippen LogP) is 3.41. The molecule has 142 valence electrons. The summed E-state index contributed by atoms with van der Waals surface area (Å²) in [6.45, 7) is 13.9. The molecule has 2 aromatic rings. The molecule has 1 saturated heterocycles. The Morgan fingerprint density at radius 3 is 2.65 bits per heavy atom. The van der Waals surface area contributed by atoms with Gasteiger partial charge in [-0.2, -0.15) is 0 Å². The first-order chi connectivity index (χ1) is 12.6. The van der Waals surface area contributed by atoms with Crippen LogP contribution in [0.3, 0.4) is 0 Å². The molecule has 2 heterocycles. The molecule has 1 aliphatic rings. The van der Waals surface area contributed by atoms with Crippen LogP contribution in [0.15, 0.2) is 34.9 Å². The van der Waals surface area contributed by atoms with Crippen molar-refractivity contribution in [2.75, 3.05) is 44.2 Å². The van der Waals surface area contributed by atoms with Crippen LogP contribution in [-0.4, -0.2) is 49.3 Å². The van der Waals surface area contributed by atoms with Crippen molar-refractivity contribution in [2.45, 2.75) is 39.7 Å². The summed E-state index contributed by atoms with van der Waals surface area (Å²) >= 11 is 0. The maximum absolute atomic E-state index is 5.36. The van der Waals surface area contributed by atoms with E-state index in [0.29, 0.717) is 5.92 Å². The molecule has 1 aromatic heterocycles. The van der Waals surface area contributed by atoms with E-state index in [2.05, 4.69) is 71.4 Å². The molecule has 0 bridgehead atoms. The van der Waals surface area contributed by atoms with Gasteiger partial charge in [-0.3, -0.25) is 4.90 Å². The zero-order valence-electron chi connectivity index (χ0n) is 16.4. The fraction of sp³-hybridized carbons (Fsp3) is 0.571. The second-order valence-electron chi connectivity index (χ2n) is 7.57. The van der Waals surface area contributed by atoms with E-state index in [9.17, 15) is 0 Å². The van der Waals surface area contributed by atoms with Crippen molar-refractivity contribution in [3.8, 4) is 0 Å². The molecule has 1 aliphatic heterocycles. The zero-order chi connectivity index (χ0) is 18.4. The molecule has 26 heavy (non-hydrogen) atoms. The highest BCUT2D eigenvalue weighted by Gasteiger charge is 2.16. The monoisotopic (exact) mass is 356 g/mol. The maximum atomic E-state index is 5.36. The molecule has 0 aliphatic carbocycles. The molecule has 0 radical (unpaired) electrons. The van der Waals surface area contributed by atoms with Crippen LogP contribution < -0.4 is 10.2 Å². The smallest absolute Gasteiger partial charge is 0.150 e. The van der Waals surface area contributed by atoms with Gasteiger partial charge in [0.15, 0.2) is 5.76 Å². The topological polar surface area (TPSA) is 44.5 Å². The summed E-state index contributed by atoms with van der Waals surface area (Å²) in [5.41, 5.74) is 3.73. The summed E-state index contributed by atoms with van der Waals surface area (Å²) in [6, 6.07) is 10.9. The third kappa shape index (κ3) is 5.32. The minimum absolute atomic E-state index is 0.422. The van der Waals surface area contributed by atoms with Gasteiger partial charge in [0.05, 0.1) is 12.2 Å². The van der Waals surface area contributed by atoms with Gasteiger partial charge in [0, 0.05) is 37.9 Å². The molecule has 1 N–H and O–H groups in total. The third-order valence-corrected chi connectivity index (χ3v) is 5.03. The van der Waals surface area contributed by atoms with Crippen LogP contribution in [0.25, 0.3) is 0 Å². The van der Waals surface area contributed by atoms with Crippen molar-refractivity contribution in [1.29, 1.82) is 0 Å². The highest BCUT2D eigenvalue weighted by atomic mass is 16.5.